The van der Waals surface area contributed by atoms with Crippen molar-refractivity contribution >= 4 is 11.8 Å². The Bertz CT molecular complexity index is 503. The number of amides is 2. The van der Waals surface area contributed by atoms with Gasteiger partial charge in [-0.2, -0.15) is 13.2 Å². The van der Waals surface area contributed by atoms with Gasteiger partial charge >= 0.3 is 12.1 Å². The Kier molecular flexibility index (Phi) is 6.13. The average Bonchev–Trinajstić information content (AvgIpc) is 2.40. The highest BCUT2D eigenvalue weighted by Gasteiger charge is 2.38. The molecule has 0 aliphatic heterocycles. The van der Waals surface area contributed by atoms with Crippen LogP contribution in [0.4, 0.5) is 17.6 Å². The Morgan fingerprint density at radius 2 is 1.76 bits per heavy atom. The Balaban J connectivity index is 2.19. The molecule has 0 spiro atoms. The van der Waals surface area contributed by atoms with E-state index in [0.717, 1.165) is 0 Å². The minimum absolute atomic E-state index is 0.0800. The zero-order valence-electron chi connectivity index (χ0n) is 11.0. The van der Waals surface area contributed by atoms with Gasteiger partial charge in [-0.05, 0) is 24.1 Å². The molecule has 0 bridgehead atoms. The highest BCUT2D eigenvalue weighted by atomic mass is 19.4. The number of halogens is 4. The lowest BCUT2D eigenvalue weighted by Gasteiger charge is -2.08. The summed E-state index contributed by atoms with van der Waals surface area (Å²) in [5, 5.41) is 3.99. The molecule has 0 saturated carbocycles. The predicted molar refractivity (Wildman–Crippen MR) is 66.8 cm³/mol. The third kappa shape index (κ3) is 6.73. The van der Waals surface area contributed by atoms with Gasteiger partial charge in [0, 0.05) is 19.5 Å². The minimum atomic E-state index is -4.93. The molecule has 0 aliphatic rings. The molecule has 2 N–H and O–H groups in total. The van der Waals surface area contributed by atoms with E-state index in [0.29, 0.717) is 12.0 Å². The first-order valence-electron chi connectivity index (χ1n) is 6.15. The van der Waals surface area contributed by atoms with E-state index in [4.69, 9.17) is 0 Å². The standard InChI is InChI=1S/C13H14F4N2O2/c14-10-3-1-2-9(8-10)4-5-11(20)18-6-7-19-12(21)13(15,16)17/h1-3,8H,4-7H2,(H,18,20)(H,19,21). The van der Waals surface area contributed by atoms with E-state index >= 15 is 0 Å². The fraction of sp³-hybridized carbons (Fsp3) is 0.385. The van der Waals surface area contributed by atoms with Gasteiger partial charge < -0.3 is 10.6 Å². The van der Waals surface area contributed by atoms with Crippen LogP contribution in [0.25, 0.3) is 0 Å². The van der Waals surface area contributed by atoms with Crippen molar-refractivity contribution in [1.29, 1.82) is 0 Å². The van der Waals surface area contributed by atoms with E-state index in [2.05, 4.69) is 5.32 Å². The molecule has 0 radical (unpaired) electrons. The van der Waals surface area contributed by atoms with Crippen LogP contribution in [0, 0.1) is 5.82 Å². The Hall–Kier alpha value is -2.12. The van der Waals surface area contributed by atoms with Crippen LogP contribution in [0.1, 0.15) is 12.0 Å². The van der Waals surface area contributed by atoms with Crippen molar-refractivity contribution in [2.45, 2.75) is 19.0 Å². The first-order valence-corrected chi connectivity index (χ1v) is 6.15. The third-order valence-electron chi connectivity index (χ3n) is 2.52. The summed E-state index contributed by atoms with van der Waals surface area (Å²) in [6.07, 6.45) is -4.53. The van der Waals surface area contributed by atoms with E-state index in [1.807, 2.05) is 0 Å². The second-order valence-corrected chi connectivity index (χ2v) is 4.23. The zero-order chi connectivity index (χ0) is 15.9. The van der Waals surface area contributed by atoms with E-state index in [1.54, 1.807) is 11.4 Å². The van der Waals surface area contributed by atoms with Crippen molar-refractivity contribution in [3.05, 3.63) is 35.6 Å². The van der Waals surface area contributed by atoms with E-state index in [-0.39, 0.29) is 25.4 Å². The minimum Gasteiger partial charge on any atom is -0.354 e. The smallest absolute Gasteiger partial charge is 0.354 e. The fourth-order valence-electron chi connectivity index (χ4n) is 1.52. The maximum atomic E-state index is 12.9. The van der Waals surface area contributed by atoms with Crippen LogP contribution >= 0.6 is 0 Å². The summed E-state index contributed by atoms with van der Waals surface area (Å²) in [5.41, 5.74) is 0.649. The topological polar surface area (TPSA) is 58.2 Å². The number of aryl methyl sites for hydroxylation is 1. The predicted octanol–water partition coefficient (Wildman–Crippen LogP) is 1.55. The quantitative estimate of drug-likeness (QED) is 0.619. The van der Waals surface area contributed by atoms with Gasteiger partial charge in [-0.25, -0.2) is 4.39 Å². The molecule has 0 unspecified atom stereocenters. The lowest BCUT2D eigenvalue weighted by Crippen LogP contribution is -2.41. The molecule has 0 fully saturated rings. The molecule has 116 valence electrons. The number of hydrogen-bond donors (Lipinski definition) is 2. The molecular weight excluding hydrogens is 292 g/mol. The van der Waals surface area contributed by atoms with Crippen LogP contribution in [-0.4, -0.2) is 31.1 Å². The zero-order valence-corrected chi connectivity index (χ0v) is 11.0. The van der Waals surface area contributed by atoms with Gasteiger partial charge in [0.25, 0.3) is 0 Å². The van der Waals surface area contributed by atoms with Crippen molar-refractivity contribution in [1.82, 2.24) is 10.6 Å². The highest BCUT2D eigenvalue weighted by molar-refractivity contribution is 5.81. The molecule has 0 saturated heterocycles. The van der Waals surface area contributed by atoms with Crippen LogP contribution in [0.2, 0.25) is 0 Å². The summed E-state index contributed by atoms with van der Waals surface area (Å²) >= 11 is 0. The van der Waals surface area contributed by atoms with Gasteiger partial charge in [-0.3, -0.25) is 9.59 Å². The molecule has 4 nitrogen and oxygen atoms in total. The number of carbonyl (C=O) groups is 2. The summed E-state index contributed by atoms with van der Waals surface area (Å²) in [6, 6.07) is 5.78. The first-order chi connectivity index (χ1) is 9.79. The highest BCUT2D eigenvalue weighted by Crippen LogP contribution is 2.13. The molecule has 1 aromatic rings. The van der Waals surface area contributed by atoms with Crippen molar-refractivity contribution in [3.63, 3.8) is 0 Å². The van der Waals surface area contributed by atoms with Crippen LogP contribution in [0.3, 0.4) is 0 Å². The molecular formula is C13H14F4N2O2. The van der Waals surface area contributed by atoms with E-state index < -0.39 is 17.9 Å². The van der Waals surface area contributed by atoms with Gasteiger partial charge in [0.05, 0.1) is 0 Å². The molecule has 1 rings (SSSR count). The summed E-state index contributed by atoms with van der Waals surface area (Å²) in [6.45, 7) is -0.423. The molecule has 0 heterocycles. The van der Waals surface area contributed by atoms with Crippen molar-refractivity contribution in [3.8, 4) is 0 Å². The van der Waals surface area contributed by atoms with Crippen LogP contribution in [0.15, 0.2) is 24.3 Å². The maximum Gasteiger partial charge on any atom is 0.471 e. The lowest BCUT2D eigenvalue weighted by atomic mass is 10.1. The molecule has 21 heavy (non-hydrogen) atoms. The van der Waals surface area contributed by atoms with Gasteiger partial charge in [0.1, 0.15) is 5.82 Å². The maximum absolute atomic E-state index is 12.9. The summed E-state index contributed by atoms with van der Waals surface area (Å²) < 4.78 is 48.4. The Morgan fingerprint density at radius 3 is 2.38 bits per heavy atom. The van der Waals surface area contributed by atoms with Crippen molar-refractivity contribution < 1.29 is 27.2 Å². The molecule has 2 amide bonds. The van der Waals surface area contributed by atoms with Gasteiger partial charge in [0.15, 0.2) is 0 Å². The second-order valence-electron chi connectivity index (χ2n) is 4.23. The van der Waals surface area contributed by atoms with E-state index in [1.165, 1.54) is 18.2 Å². The number of benzene rings is 1. The summed E-state index contributed by atoms with van der Waals surface area (Å²) in [5.74, 6) is -2.83. The van der Waals surface area contributed by atoms with Gasteiger partial charge in [-0.1, -0.05) is 12.1 Å². The van der Waals surface area contributed by atoms with Crippen molar-refractivity contribution in [2.24, 2.45) is 0 Å². The Morgan fingerprint density at radius 1 is 1.10 bits per heavy atom. The number of hydrogen-bond acceptors (Lipinski definition) is 2. The summed E-state index contributed by atoms with van der Waals surface area (Å²) in [7, 11) is 0. The lowest BCUT2D eigenvalue weighted by molar-refractivity contribution is -0.173. The number of nitrogens with one attached hydrogen (secondary N) is 2. The van der Waals surface area contributed by atoms with Gasteiger partial charge in [0.2, 0.25) is 5.91 Å². The normalized spacial score (nSPS) is 11.0. The first kappa shape index (κ1) is 16.9. The number of alkyl halides is 3. The molecule has 0 atom stereocenters. The average molecular weight is 306 g/mol. The Labute approximate surface area is 118 Å². The van der Waals surface area contributed by atoms with E-state index in [9.17, 15) is 27.2 Å². The molecule has 0 aromatic heterocycles. The van der Waals surface area contributed by atoms with Crippen LogP contribution in [0.5, 0.6) is 0 Å². The van der Waals surface area contributed by atoms with Crippen molar-refractivity contribution in [2.75, 3.05) is 13.1 Å². The second kappa shape index (κ2) is 7.61. The monoisotopic (exact) mass is 306 g/mol. The molecule has 0 aliphatic carbocycles. The van der Waals surface area contributed by atoms with Crippen LogP contribution < -0.4 is 10.6 Å². The number of carbonyl (C=O) groups excluding carboxylic acids is 2. The number of rotatable bonds is 6. The molecule has 8 heteroatoms. The fourth-order valence-corrected chi connectivity index (χ4v) is 1.52. The van der Waals surface area contributed by atoms with Crippen LogP contribution in [-0.2, 0) is 16.0 Å². The summed E-state index contributed by atoms with van der Waals surface area (Å²) in [4.78, 5) is 21.9. The third-order valence-corrected chi connectivity index (χ3v) is 2.52. The van der Waals surface area contributed by atoms with Gasteiger partial charge in [-0.15, -0.1) is 0 Å². The SMILES string of the molecule is O=C(CCc1cccc(F)c1)NCCNC(=O)C(F)(F)F. The molecule has 1 aromatic carbocycles. The largest absolute Gasteiger partial charge is 0.471 e.